The smallest absolute Gasteiger partial charge is 0.0840 e. The van der Waals surface area contributed by atoms with E-state index in [0.29, 0.717) is 6.10 Å². The summed E-state index contributed by atoms with van der Waals surface area (Å²) in [5.41, 5.74) is 1.28. The molecule has 1 nitrogen and oxygen atoms in total. The molecule has 2 rings (SSSR count). The Balaban J connectivity index is 2.13. The van der Waals surface area contributed by atoms with Gasteiger partial charge in [-0.2, -0.15) is 0 Å². The van der Waals surface area contributed by atoms with Gasteiger partial charge in [0.05, 0.1) is 12.2 Å². The predicted octanol–water partition coefficient (Wildman–Crippen LogP) is 4.45. The number of alkyl halides is 1. The second-order valence-electron chi connectivity index (χ2n) is 3.85. The van der Waals surface area contributed by atoms with Gasteiger partial charge in [0, 0.05) is 9.80 Å². The van der Waals surface area contributed by atoms with E-state index in [1.54, 1.807) is 0 Å². The third kappa shape index (κ3) is 2.83. The Morgan fingerprint density at radius 3 is 2.80 bits per heavy atom. The molecule has 0 spiro atoms. The van der Waals surface area contributed by atoms with Gasteiger partial charge in [-0.05, 0) is 30.9 Å². The maximum atomic E-state index is 6.03. The lowest BCUT2D eigenvalue weighted by Gasteiger charge is -2.29. The topological polar surface area (TPSA) is 9.23 Å². The van der Waals surface area contributed by atoms with Crippen LogP contribution in [0.4, 0.5) is 0 Å². The summed E-state index contributed by atoms with van der Waals surface area (Å²) in [7, 11) is 0. The number of hydrogen-bond donors (Lipinski definition) is 0. The van der Waals surface area contributed by atoms with E-state index >= 15 is 0 Å². The highest BCUT2D eigenvalue weighted by molar-refractivity contribution is 9.10. The van der Waals surface area contributed by atoms with Gasteiger partial charge in [-0.15, -0.1) is 0 Å². The van der Waals surface area contributed by atoms with E-state index in [1.807, 2.05) is 6.07 Å². The molecule has 1 aliphatic heterocycles. The van der Waals surface area contributed by atoms with Crippen LogP contribution < -0.4 is 0 Å². The van der Waals surface area contributed by atoms with Crippen molar-refractivity contribution in [3.8, 4) is 0 Å². The summed E-state index contributed by atoms with van der Waals surface area (Å²) in [4.78, 5) is 0. The Hall–Kier alpha value is 0.140. The monoisotopic (exact) mass is 332 g/mol. The van der Waals surface area contributed by atoms with E-state index in [9.17, 15) is 0 Å². The molecule has 1 heterocycles. The maximum absolute atomic E-state index is 6.03. The minimum Gasteiger partial charge on any atom is -0.369 e. The molecule has 82 valence electrons. The molecule has 2 atom stereocenters. The van der Waals surface area contributed by atoms with Gasteiger partial charge in [0.15, 0.2) is 0 Å². The Morgan fingerprint density at radius 2 is 2.07 bits per heavy atom. The number of hydrogen-bond acceptors (Lipinski definition) is 1. The summed E-state index contributed by atoms with van der Waals surface area (Å²) in [6.45, 7) is 0. The van der Waals surface area contributed by atoms with Crippen LogP contribution in [-0.2, 0) is 4.74 Å². The minimum absolute atomic E-state index is 0.261. The molecule has 15 heavy (non-hydrogen) atoms. The first-order valence-electron chi connectivity index (χ1n) is 5.27. The van der Waals surface area contributed by atoms with Gasteiger partial charge < -0.3 is 4.74 Å². The summed E-state index contributed by atoms with van der Waals surface area (Å²) in [5.74, 6) is 0. The van der Waals surface area contributed by atoms with Crippen LogP contribution >= 0.6 is 31.9 Å². The molecule has 0 bridgehead atoms. The van der Waals surface area contributed by atoms with Gasteiger partial charge in [0.1, 0.15) is 0 Å². The second kappa shape index (κ2) is 5.46. The molecule has 0 radical (unpaired) electrons. The molecule has 1 fully saturated rings. The third-order valence-corrected chi connectivity index (χ3v) is 4.22. The van der Waals surface area contributed by atoms with Gasteiger partial charge >= 0.3 is 0 Å². The average Bonchev–Trinajstić information content (AvgIpc) is 2.30. The van der Waals surface area contributed by atoms with Crippen LogP contribution in [0.15, 0.2) is 28.7 Å². The second-order valence-corrected chi connectivity index (χ2v) is 5.36. The number of rotatable bonds is 2. The number of ether oxygens (including phenoxy) is 1. The Kier molecular flexibility index (Phi) is 4.23. The molecule has 1 aromatic carbocycles. The van der Waals surface area contributed by atoms with E-state index in [-0.39, 0.29) is 6.10 Å². The van der Waals surface area contributed by atoms with E-state index < -0.39 is 0 Å². The van der Waals surface area contributed by atoms with E-state index in [1.165, 1.54) is 18.4 Å². The first-order valence-corrected chi connectivity index (χ1v) is 7.18. The van der Waals surface area contributed by atoms with Crippen LogP contribution in [0.5, 0.6) is 0 Å². The van der Waals surface area contributed by atoms with Crippen molar-refractivity contribution in [2.45, 2.75) is 31.5 Å². The largest absolute Gasteiger partial charge is 0.369 e. The zero-order valence-corrected chi connectivity index (χ0v) is 11.6. The van der Waals surface area contributed by atoms with Crippen molar-refractivity contribution < 1.29 is 4.74 Å². The van der Waals surface area contributed by atoms with E-state index in [0.717, 1.165) is 16.2 Å². The molecule has 1 aliphatic rings. The quantitative estimate of drug-likeness (QED) is 0.726. The molecule has 0 aromatic heterocycles. The summed E-state index contributed by atoms with van der Waals surface area (Å²) in [6, 6.07) is 8.33. The Labute approximate surface area is 107 Å². The lowest BCUT2D eigenvalue weighted by atomic mass is 9.99. The first-order chi connectivity index (χ1) is 7.31. The highest BCUT2D eigenvalue weighted by Crippen LogP contribution is 2.35. The highest BCUT2D eigenvalue weighted by atomic mass is 79.9. The van der Waals surface area contributed by atoms with Crippen LogP contribution in [0.1, 0.15) is 30.9 Å². The first kappa shape index (κ1) is 11.6. The lowest BCUT2D eigenvalue weighted by Crippen LogP contribution is -2.23. The van der Waals surface area contributed by atoms with E-state index in [2.05, 4.69) is 50.1 Å². The summed E-state index contributed by atoms with van der Waals surface area (Å²) < 4.78 is 7.18. The van der Waals surface area contributed by atoms with Gasteiger partial charge in [-0.3, -0.25) is 0 Å². The summed E-state index contributed by atoms with van der Waals surface area (Å²) >= 11 is 7.07. The molecule has 1 aromatic rings. The molecule has 2 unspecified atom stereocenters. The fraction of sp³-hybridized carbons (Fsp3) is 0.500. The van der Waals surface area contributed by atoms with Crippen molar-refractivity contribution in [1.82, 2.24) is 0 Å². The zero-order chi connectivity index (χ0) is 10.7. The number of benzene rings is 1. The molecule has 1 saturated heterocycles. The molecule has 0 N–H and O–H groups in total. The van der Waals surface area contributed by atoms with Crippen molar-refractivity contribution in [2.24, 2.45) is 0 Å². The van der Waals surface area contributed by atoms with Crippen LogP contribution in [-0.4, -0.2) is 11.4 Å². The van der Waals surface area contributed by atoms with Gasteiger partial charge in [0.2, 0.25) is 0 Å². The van der Waals surface area contributed by atoms with Crippen molar-refractivity contribution >= 4 is 31.9 Å². The van der Waals surface area contributed by atoms with Gasteiger partial charge in [0.25, 0.3) is 0 Å². The van der Waals surface area contributed by atoms with Crippen LogP contribution in [0.25, 0.3) is 0 Å². The summed E-state index contributed by atoms with van der Waals surface area (Å²) in [5, 5.41) is 0.938. The fourth-order valence-electron chi connectivity index (χ4n) is 1.98. The molecular weight excluding hydrogens is 320 g/mol. The molecule has 0 saturated carbocycles. The van der Waals surface area contributed by atoms with Gasteiger partial charge in [-0.1, -0.05) is 50.1 Å². The SMILES string of the molecule is BrCC1CCCC(c2ccccc2Br)O1. The molecule has 3 heteroatoms. The lowest BCUT2D eigenvalue weighted by molar-refractivity contribution is -0.0387. The summed E-state index contributed by atoms with van der Waals surface area (Å²) in [6.07, 6.45) is 4.19. The molecular formula is C12H14Br2O. The standard InChI is InChI=1S/C12H14Br2O/c13-8-9-4-3-7-12(15-9)10-5-1-2-6-11(10)14/h1-2,5-6,9,12H,3-4,7-8H2. The molecule has 0 amide bonds. The van der Waals surface area contributed by atoms with Crippen LogP contribution in [0, 0.1) is 0 Å². The number of halogens is 2. The highest BCUT2D eigenvalue weighted by Gasteiger charge is 2.23. The minimum atomic E-state index is 0.261. The Morgan fingerprint density at radius 1 is 1.27 bits per heavy atom. The van der Waals surface area contributed by atoms with Gasteiger partial charge in [-0.25, -0.2) is 0 Å². The van der Waals surface area contributed by atoms with Crippen molar-refractivity contribution in [2.75, 3.05) is 5.33 Å². The fourth-order valence-corrected chi connectivity index (χ4v) is 2.99. The zero-order valence-electron chi connectivity index (χ0n) is 8.46. The van der Waals surface area contributed by atoms with Crippen molar-refractivity contribution in [3.05, 3.63) is 34.3 Å². The van der Waals surface area contributed by atoms with E-state index in [4.69, 9.17) is 4.74 Å². The van der Waals surface area contributed by atoms with Crippen LogP contribution in [0.3, 0.4) is 0 Å². The maximum Gasteiger partial charge on any atom is 0.0840 e. The average molecular weight is 334 g/mol. The Bertz CT molecular complexity index is 327. The molecule has 0 aliphatic carbocycles. The normalized spacial score (nSPS) is 26.5. The van der Waals surface area contributed by atoms with Crippen molar-refractivity contribution in [3.63, 3.8) is 0 Å². The predicted molar refractivity (Wildman–Crippen MR) is 69.4 cm³/mol. The van der Waals surface area contributed by atoms with Crippen LogP contribution in [0.2, 0.25) is 0 Å². The van der Waals surface area contributed by atoms with Crippen molar-refractivity contribution in [1.29, 1.82) is 0 Å². The third-order valence-electron chi connectivity index (χ3n) is 2.77.